The first-order valence-electron chi connectivity index (χ1n) is 7.14. The molecule has 0 aliphatic heterocycles. The SMILES string of the molecule is Cn1nc(C(=O)N(Cc2cccc(F)c2)C2CC2)ccc1=O. The van der Waals surface area contributed by atoms with Crippen molar-refractivity contribution in [1.29, 1.82) is 0 Å². The topological polar surface area (TPSA) is 55.2 Å². The van der Waals surface area contributed by atoms with Crippen molar-refractivity contribution in [2.24, 2.45) is 7.05 Å². The minimum Gasteiger partial charge on any atom is -0.330 e. The van der Waals surface area contributed by atoms with E-state index in [0.29, 0.717) is 6.54 Å². The van der Waals surface area contributed by atoms with Gasteiger partial charge >= 0.3 is 0 Å². The Bertz CT molecular complexity index is 768. The zero-order valence-corrected chi connectivity index (χ0v) is 12.2. The quantitative estimate of drug-likeness (QED) is 0.864. The molecule has 1 heterocycles. The van der Waals surface area contributed by atoms with Crippen molar-refractivity contribution >= 4 is 5.91 Å². The molecule has 5 nitrogen and oxygen atoms in total. The summed E-state index contributed by atoms with van der Waals surface area (Å²) >= 11 is 0. The Hall–Kier alpha value is -2.50. The van der Waals surface area contributed by atoms with Crippen molar-refractivity contribution in [3.05, 3.63) is 63.8 Å². The van der Waals surface area contributed by atoms with Crippen LogP contribution in [0.25, 0.3) is 0 Å². The van der Waals surface area contributed by atoms with Crippen LogP contribution in [-0.2, 0) is 13.6 Å². The van der Waals surface area contributed by atoms with Crippen molar-refractivity contribution in [3.63, 3.8) is 0 Å². The van der Waals surface area contributed by atoms with E-state index in [4.69, 9.17) is 0 Å². The molecule has 0 N–H and O–H groups in total. The van der Waals surface area contributed by atoms with E-state index in [9.17, 15) is 14.0 Å². The molecule has 1 fully saturated rings. The summed E-state index contributed by atoms with van der Waals surface area (Å²) in [5.74, 6) is -0.553. The Morgan fingerprint density at radius 2 is 2.14 bits per heavy atom. The third kappa shape index (κ3) is 3.05. The summed E-state index contributed by atoms with van der Waals surface area (Å²) in [6, 6.07) is 9.15. The Balaban J connectivity index is 1.85. The molecular formula is C16H16FN3O2. The number of aromatic nitrogens is 2. The van der Waals surface area contributed by atoms with Gasteiger partial charge in [-0.1, -0.05) is 12.1 Å². The molecule has 0 bridgehead atoms. The average Bonchev–Trinajstić information content (AvgIpc) is 3.32. The molecule has 1 aliphatic carbocycles. The van der Waals surface area contributed by atoms with Gasteiger partial charge in [0.15, 0.2) is 0 Å². The molecule has 3 rings (SSSR count). The van der Waals surface area contributed by atoms with Gasteiger partial charge < -0.3 is 4.90 Å². The highest BCUT2D eigenvalue weighted by Crippen LogP contribution is 2.29. The highest BCUT2D eigenvalue weighted by atomic mass is 19.1. The molecule has 1 aromatic heterocycles. The van der Waals surface area contributed by atoms with Crippen LogP contribution in [0.1, 0.15) is 28.9 Å². The number of carbonyl (C=O) groups excluding carboxylic acids is 1. The fraction of sp³-hybridized carbons (Fsp3) is 0.312. The lowest BCUT2D eigenvalue weighted by Gasteiger charge is -2.22. The highest BCUT2D eigenvalue weighted by molar-refractivity contribution is 5.92. The van der Waals surface area contributed by atoms with Crippen LogP contribution in [0.5, 0.6) is 0 Å². The lowest BCUT2D eigenvalue weighted by molar-refractivity contribution is 0.0721. The second-order valence-corrected chi connectivity index (χ2v) is 5.47. The molecule has 0 spiro atoms. The molecule has 0 saturated heterocycles. The van der Waals surface area contributed by atoms with Gasteiger partial charge in [-0.3, -0.25) is 9.59 Å². The first kappa shape index (κ1) is 14.4. The Labute approximate surface area is 127 Å². The van der Waals surface area contributed by atoms with Gasteiger partial charge in [0, 0.05) is 25.7 Å². The monoisotopic (exact) mass is 301 g/mol. The highest BCUT2D eigenvalue weighted by Gasteiger charge is 2.33. The smallest absolute Gasteiger partial charge is 0.274 e. The van der Waals surface area contributed by atoms with Gasteiger partial charge in [0.2, 0.25) is 0 Å². The fourth-order valence-corrected chi connectivity index (χ4v) is 2.35. The number of benzene rings is 1. The first-order chi connectivity index (χ1) is 10.5. The summed E-state index contributed by atoms with van der Waals surface area (Å²) in [4.78, 5) is 25.7. The fourth-order valence-electron chi connectivity index (χ4n) is 2.35. The molecule has 0 radical (unpaired) electrons. The van der Waals surface area contributed by atoms with Crippen LogP contribution < -0.4 is 5.56 Å². The van der Waals surface area contributed by atoms with Crippen molar-refractivity contribution in [1.82, 2.24) is 14.7 Å². The number of amides is 1. The second-order valence-electron chi connectivity index (χ2n) is 5.47. The van der Waals surface area contributed by atoms with Gasteiger partial charge in [-0.25, -0.2) is 9.07 Å². The number of nitrogens with zero attached hydrogens (tertiary/aromatic N) is 3. The number of hydrogen-bond donors (Lipinski definition) is 0. The Morgan fingerprint density at radius 3 is 2.77 bits per heavy atom. The van der Waals surface area contributed by atoms with Gasteiger partial charge in [0.05, 0.1) is 0 Å². The van der Waals surface area contributed by atoms with Crippen molar-refractivity contribution in [2.45, 2.75) is 25.4 Å². The number of halogens is 1. The maximum Gasteiger partial charge on any atom is 0.274 e. The second kappa shape index (κ2) is 5.71. The summed E-state index contributed by atoms with van der Waals surface area (Å²) in [6.45, 7) is 0.339. The molecule has 1 aromatic carbocycles. The summed E-state index contributed by atoms with van der Waals surface area (Å²) < 4.78 is 14.4. The first-order valence-corrected chi connectivity index (χ1v) is 7.14. The van der Waals surface area contributed by atoms with E-state index >= 15 is 0 Å². The molecule has 2 aromatic rings. The predicted octanol–water partition coefficient (Wildman–Crippen LogP) is 1.72. The van der Waals surface area contributed by atoms with Crippen LogP contribution in [0, 0.1) is 5.82 Å². The van der Waals surface area contributed by atoms with Crippen LogP contribution in [0.15, 0.2) is 41.2 Å². The molecule has 6 heteroatoms. The van der Waals surface area contributed by atoms with E-state index in [2.05, 4.69) is 5.10 Å². The molecule has 0 atom stereocenters. The number of hydrogen-bond acceptors (Lipinski definition) is 3. The maximum absolute atomic E-state index is 13.3. The molecule has 1 amide bonds. The largest absolute Gasteiger partial charge is 0.330 e. The molecule has 1 saturated carbocycles. The maximum atomic E-state index is 13.3. The number of aryl methyl sites for hydroxylation is 1. The lowest BCUT2D eigenvalue weighted by atomic mass is 10.2. The number of carbonyl (C=O) groups is 1. The van der Waals surface area contributed by atoms with E-state index in [1.54, 1.807) is 17.0 Å². The van der Waals surface area contributed by atoms with Crippen LogP contribution >= 0.6 is 0 Å². The molecule has 22 heavy (non-hydrogen) atoms. The Morgan fingerprint density at radius 1 is 1.36 bits per heavy atom. The van der Waals surface area contributed by atoms with E-state index in [1.165, 1.54) is 31.3 Å². The van der Waals surface area contributed by atoms with Crippen LogP contribution in [0.4, 0.5) is 4.39 Å². The Kier molecular flexibility index (Phi) is 3.75. The minimum absolute atomic E-state index is 0.162. The third-order valence-electron chi connectivity index (χ3n) is 3.67. The van der Waals surface area contributed by atoms with Crippen LogP contribution in [-0.4, -0.2) is 26.6 Å². The molecule has 0 unspecified atom stereocenters. The van der Waals surface area contributed by atoms with Crippen molar-refractivity contribution in [3.8, 4) is 0 Å². The van der Waals surface area contributed by atoms with E-state index in [-0.39, 0.29) is 29.0 Å². The van der Waals surface area contributed by atoms with E-state index in [0.717, 1.165) is 23.1 Å². The summed E-state index contributed by atoms with van der Waals surface area (Å²) in [5, 5.41) is 4.00. The van der Waals surface area contributed by atoms with Crippen molar-refractivity contribution < 1.29 is 9.18 Å². The van der Waals surface area contributed by atoms with Gasteiger partial charge in [0.1, 0.15) is 11.5 Å². The predicted molar refractivity (Wildman–Crippen MR) is 78.8 cm³/mol. The average molecular weight is 301 g/mol. The standard InChI is InChI=1S/C16H16FN3O2/c1-19-15(21)8-7-14(18-19)16(22)20(13-5-6-13)10-11-3-2-4-12(17)9-11/h2-4,7-9,13H,5-6,10H2,1H3. The lowest BCUT2D eigenvalue weighted by Crippen LogP contribution is -2.34. The van der Waals surface area contributed by atoms with E-state index < -0.39 is 0 Å². The molecule has 114 valence electrons. The summed E-state index contributed by atoms with van der Waals surface area (Å²) in [5.41, 5.74) is 0.704. The molecular weight excluding hydrogens is 285 g/mol. The minimum atomic E-state index is -0.319. The van der Waals surface area contributed by atoms with Gasteiger partial charge in [-0.2, -0.15) is 5.10 Å². The van der Waals surface area contributed by atoms with Gasteiger partial charge in [0.25, 0.3) is 11.5 Å². The van der Waals surface area contributed by atoms with Gasteiger partial charge in [-0.05, 0) is 36.6 Å². The van der Waals surface area contributed by atoms with E-state index in [1.807, 2.05) is 0 Å². The third-order valence-corrected chi connectivity index (χ3v) is 3.67. The summed E-state index contributed by atoms with van der Waals surface area (Å²) in [6.07, 6.45) is 1.87. The van der Waals surface area contributed by atoms with Crippen LogP contribution in [0.3, 0.4) is 0 Å². The zero-order chi connectivity index (χ0) is 15.7. The molecule has 1 aliphatic rings. The zero-order valence-electron chi connectivity index (χ0n) is 12.2. The van der Waals surface area contributed by atoms with Crippen LogP contribution in [0.2, 0.25) is 0 Å². The normalized spacial score (nSPS) is 13.9. The van der Waals surface area contributed by atoms with Crippen molar-refractivity contribution in [2.75, 3.05) is 0 Å². The summed E-state index contributed by atoms with van der Waals surface area (Å²) in [7, 11) is 1.51. The van der Waals surface area contributed by atoms with Gasteiger partial charge in [-0.15, -0.1) is 0 Å². The number of rotatable bonds is 4.